The zero-order chi connectivity index (χ0) is 12.3. The Morgan fingerprint density at radius 1 is 1.28 bits per heavy atom. The Morgan fingerprint density at radius 2 is 2.00 bits per heavy atom. The molecule has 4 rings (SSSR count). The Bertz CT molecular complexity index is 485. The second-order valence-corrected chi connectivity index (χ2v) is 6.78. The average molecular weight is 307 g/mol. The number of nitrogens with one attached hydrogen (secondary N) is 1. The largest absolute Gasteiger partial charge is 0.310 e. The number of hydrogen-bond donors (Lipinski definition) is 1. The zero-order valence-corrected chi connectivity index (χ0v) is 11.6. The molecule has 1 aromatic heterocycles. The third-order valence-corrected chi connectivity index (χ3v) is 5.49. The van der Waals surface area contributed by atoms with Gasteiger partial charge in [-0.25, -0.2) is 4.98 Å². The molecule has 3 nitrogen and oxygen atoms in total. The number of fused-ring (bicyclic) bond motifs is 5. The molecule has 0 aromatic carbocycles. The van der Waals surface area contributed by atoms with Crippen LogP contribution >= 0.6 is 15.9 Å². The molecule has 3 fully saturated rings. The first kappa shape index (κ1) is 11.0. The molecule has 4 heteroatoms. The van der Waals surface area contributed by atoms with Crippen LogP contribution in [-0.2, 0) is 4.79 Å². The molecule has 1 heterocycles. The molecular formula is C14H15BrN2O. The summed E-state index contributed by atoms with van der Waals surface area (Å²) in [5.74, 6) is 4.21. The van der Waals surface area contributed by atoms with E-state index in [-0.39, 0.29) is 11.8 Å². The van der Waals surface area contributed by atoms with Crippen molar-refractivity contribution < 1.29 is 4.79 Å². The van der Waals surface area contributed by atoms with Crippen LogP contribution in [0.2, 0.25) is 0 Å². The van der Waals surface area contributed by atoms with Crippen molar-refractivity contribution in [2.45, 2.75) is 19.3 Å². The Balaban J connectivity index is 1.45. The molecule has 0 radical (unpaired) electrons. The summed E-state index contributed by atoms with van der Waals surface area (Å²) in [6.45, 7) is 0. The molecule has 3 aliphatic rings. The van der Waals surface area contributed by atoms with Crippen LogP contribution in [0.3, 0.4) is 0 Å². The van der Waals surface area contributed by atoms with Gasteiger partial charge >= 0.3 is 0 Å². The van der Waals surface area contributed by atoms with Gasteiger partial charge in [0, 0.05) is 16.6 Å². The fourth-order valence-corrected chi connectivity index (χ4v) is 4.57. The molecule has 18 heavy (non-hydrogen) atoms. The molecule has 0 aliphatic heterocycles. The van der Waals surface area contributed by atoms with Crippen molar-refractivity contribution in [2.75, 3.05) is 5.32 Å². The summed E-state index contributed by atoms with van der Waals surface area (Å²) in [5, 5.41) is 2.96. The Hall–Kier alpha value is -0.900. The van der Waals surface area contributed by atoms with Crippen LogP contribution in [0.4, 0.5) is 5.82 Å². The number of amides is 1. The number of anilines is 1. The average Bonchev–Trinajstić information content (AvgIpc) is 2.82. The van der Waals surface area contributed by atoms with Gasteiger partial charge in [0.1, 0.15) is 5.82 Å². The lowest BCUT2D eigenvalue weighted by molar-refractivity contribution is -0.118. The predicted octanol–water partition coefficient (Wildman–Crippen LogP) is 3.07. The normalized spacial score (nSPS) is 39.5. The van der Waals surface area contributed by atoms with Gasteiger partial charge in [-0.3, -0.25) is 4.79 Å². The molecule has 0 spiro atoms. The SMILES string of the molecule is O=C(Nc1ccc(Br)cn1)C1C2C3CCC(C3)C12. The van der Waals surface area contributed by atoms with Crippen molar-refractivity contribution in [3.63, 3.8) is 0 Å². The fraction of sp³-hybridized carbons (Fsp3) is 0.571. The number of carbonyl (C=O) groups is 1. The third kappa shape index (κ3) is 1.54. The highest BCUT2D eigenvalue weighted by molar-refractivity contribution is 9.10. The maximum Gasteiger partial charge on any atom is 0.229 e. The molecule has 94 valence electrons. The van der Waals surface area contributed by atoms with Gasteiger partial charge in [-0.2, -0.15) is 0 Å². The van der Waals surface area contributed by atoms with E-state index >= 15 is 0 Å². The van der Waals surface area contributed by atoms with Gasteiger partial charge < -0.3 is 5.32 Å². The first-order valence-corrected chi connectivity index (χ1v) is 7.46. The lowest BCUT2D eigenvalue weighted by atomic mass is 10.0. The lowest BCUT2D eigenvalue weighted by Gasteiger charge is -2.09. The molecule has 0 saturated heterocycles. The number of rotatable bonds is 2. The van der Waals surface area contributed by atoms with E-state index in [9.17, 15) is 4.79 Å². The molecular weight excluding hydrogens is 292 g/mol. The number of nitrogens with zero attached hydrogens (tertiary/aromatic N) is 1. The Morgan fingerprint density at radius 3 is 2.61 bits per heavy atom. The first-order chi connectivity index (χ1) is 8.74. The van der Waals surface area contributed by atoms with Crippen LogP contribution in [0.5, 0.6) is 0 Å². The monoisotopic (exact) mass is 306 g/mol. The predicted molar refractivity (Wildman–Crippen MR) is 71.9 cm³/mol. The number of aromatic nitrogens is 1. The van der Waals surface area contributed by atoms with E-state index in [1.165, 1.54) is 19.3 Å². The summed E-state index contributed by atoms with van der Waals surface area (Å²) in [6, 6.07) is 3.74. The smallest absolute Gasteiger partial charge is 0.229 e. The van der Waals surface area contributed by atoms with E-state index in [2.05, 4.69) is 26.2 Å². The van der Waals surface area contributed by atoms with Crippen LogP contribution in [-0.4, -0.2) is 10.9 Å². The van der Waals surface area contributed by atoms with Gasteiger partial charge in [-0.1, -0.05) is 0 Å². The minimum absolute atomic E-state index is 0.191. The summed E-state index contributed by atoms with van der Waals surface area (Å²) in [6.07, 6.45) is 5.81. The van der Waals surface area contributed by atoms with Crippen LogP contribution in [0.25, 0.3) is 0 Å². The van der Waals surface area contributed by atoms with Gasteiger partial charge in [0.15, 0.2) is 0 Å². The number of halogens is 1. The topological polar surface area (TPSA) is 42.0 Å². The van der Waals surface area contributed by atoms with Gasteiger partial charge in [-0.05, 0) is 71.0 Å². The molecule has 1 N–H and O–H groups in total. The van der Waals surface area contributed by atoms with Crippen molar-refractivity contribution in [3.8, 4) is 0 Å². The highest BCUT2D eigenvalue weighted by Gasteiger charge is 2.67. The standard InChI is InChI=1S/C14H15BrN2O/c15-9-3-4-10(16-6-9)17-14(18)13-11-7-1-2-8(5-7)12(11)13/h3-4,6-8,11-13H,1-2,5H2,(H,16,17,18). The van der Waals surface area contributed by atoms with Crippen LogP contribution < -0.4 is 5.32 Å². The highest BCUT2D eigenvalue weighted by Crippen LogP contribution is 2.69. The molecule has 3 saturated carbocycles. The van der Waals surface area contributed by atoms with Crippen molar-refractivity contribution in [1.29, 1.82) is 0 Å². The van der Waals surface area contributed by atoms with E-state index in [0.717, 1.165) is 16.3 Å². The van der Waals surface area contributed by atoms with Crippen LogP contribution in [0.1, 0.15) is 19.3 Å². The first-order valence-electron chi connectivity index (χ1n) is 6.66. The third-order valence-electron chi connectivity index (χ3n) is 5.02. The van der Waals surface area contributed by atoms with E-state index in [1.54, 1.807) is 6.20 Å². The van der Waals surface area contributed by atoms with Gasteiger partial charge in [0.05, 0.1) is 0 Å². The number of pyridine rings is 1. The van der Waals surface area contributed by atoms with E-state index in [0.29, 0.717) is 17.7 Å². The van der Waals surface area contributed by atoms with Crippen molar-refractivity contribution in [3.05, 3.63) is 22.8 Å². The molecule has 4 unspecified atom stereocenters. The molecule has 1 amide bonds. The minimum atomic E-state index is 0.191. The van der Waals surface area contributed by atoms with E-state index < -0.39 is 0 Å². The van der Waals surface area contributed by atoms with Gasteiger partial charge in [0.25, 0.3) is 0 Å². The Labute approximate surface area is 114 Å². The summed E-state index contributed by atoms with van der Waals surface area (Å²) in [5.41, 5.74) is 0. The molecule has 1 aromatic rings. The maximum absolute atomic E-state index is 12.2. The van der Waals surface area contributed by atoms with Gasteiger partial charge in [0.2, 0.25) is 5.91 Å². The molecule has 4 atom stereocenters. The Kier molecular flexibility index (Phi) is 2.31. The summed E-state index contributed by atoms with van der Waals surface area (Å²) in [4.78, 5) is 16.4. The number of carbonyl (C=O) groups excluding carboxylic acids is 1. The van der Waals surface area contributed by atoms with E-state index in [4.69, 9.17) is 0 Å². The second kappa shape index (κ2) is 3.80. The van der Waals surface area contributed by atoms with Crippen molar-refractivity contribution in [2.24, 2.45) is 29.6 Å². The highest BCUT2D eigenvalue weighted by atomic mass is 79.9. The van der Waals surface area contributed by atoms with Gasteiger partial charge in [-0.15, -0.1) is 0 Å². The maximum atomic E-state index is 12.2. The van der Waals surface area contributed by atoms with E-state index in [1.807, 2.05) is 12.1 Å². The fourth-order valence-electron chi connectivity index (χ4n) is 4.33. The number of hydrogen-bond acceptors (Lipinski definition) is 2. The quantitative estimate of drug-likeness (QED) is 0.912. The molecule has 3 aliphatic carbocycles. The van der Waals surface area contributed by atoms with Crippen LogP contribution in [0, 0.1) is 29.6 Å². The van der Waals surface area contributed by atoms with Crippen molar-refractivity contribution in [1.82, 2.24) is 4.98 Å². The van der Waals surface area contributed by atoms with Crippen LogP contribution in [0.15, 0.2) is 22.8 Å². The zero-order valence-electron chi connectivity index (χ0n) is 9.97. The second-order valence-electron chi connectivity index (χ2n) is 5.86. The summed E-state index contributed by atoms with van der Waals surface area (Å²) in [7, 11) is 0. The lowest BCUT2D eigenvalue weighted by Crippen LogP contribution is -2.19. The summed E-state index contributed by atoms with van der Waals surface area (Å²) >= 11 is 3.34. The molecule has 2 bridgehead atoms. The summed E-state index contributed by atoms with van der Waals surface area (Å²) < 4.78 is 0.932. The minimum Gasteiger partial charge on any atom is -0.310 e. The van der Waals surface area contributed by atoms with Crippen molar-refractivity contribution >= 4 is 27.7 Å².